The molecule has 2 N–H and O–H groups in total. The van der Waals surface area contributed by atoms with Crippen LogP contribution in [0, 0.1) is 6.92 Å². The minimum Gasteiger partial charge on any atom is -0.475 e. The lowest BCUT2D eigenvalue weighted by Crippen LogP contribution is -2.27. The lowest BCUT2D eigenvalue weighted by Gasteiger charge is -2.17. The van der Waals surface area contributed by atoms with Gasteiger partial charge in [0.1, 0.15) is 5.58 Å². The van der Waals surface area contributed by atoms with Crippen LogP contribution in [0.3, 0.4) is 0 Å². The Labute approximate surface area is 167 Å². The van der Waals surface area contributed by atoms with Gasteiger partial charge in [0.2, 0.25) is 15.8 Å². The van der Waals surface area contributed by atoms with E-state index in [9.17, 15) is 18.3 Å². The van der Waals surface area contributed by atoms with E-state index < -0.39 is 22.0 Å². The first-order valence-electron chi connectivity index (χ1n) is 9.04. The molecule has 1 unspecified atom stereocenters. The van der Waals surface area contributed by atoms with Crippen molar-refractivity contribution in [2.24, 2.45) is 0 Å². The molecular weight excluding hydrogens is 390 g/mol. The number of nitrogens with one attached hydrogen (secondary N) is 1. The molecule has 0 radical (unpaired) electrons. The van der Waals surface area contributed by atoms with Crippen molar-refractivity contribution in [2.75, 3.05) is 0 Å². The Hall–Kier alpha value is -3.16. The van der Waals surface area contributed by atoms with Gasteiger partial charge in [0.15, 0.2) is 0 Å². The van der Waals surface area contributed by atoms with Crippen LogP contribution in [0.4, 0.5) is 0 Å². The Morgan fingerprint density at radius 1 is 1.03 bits per heavy atom. The Kier molecular flexibility index (Phi) is 4.64. The molecule has 29 heavy (non-hydrogen) atoms. The van der Waals surface area contributed by atoms with Gasteiger partial charge in [-0.3, -0.25) is 0 Å². The van der Waals surface area contributed by atoms with E-state index in [4.69, 9.17) is 4.42 Å². The van der Waals surface area contributed by atoms with Crippen molar-refractivity contribution in [1.82, 2.24) is 4.72 Å². The van der Waals surface area contributed by atoms with Crippen LogP contribution in [-0.4, -0.2) is 19.5 Å². The first-order chi connectivity index (χ1) is 13.8. The van der Waals surface area contributed by atoms with Crippen molar-refractivity contribution in [1.29, 1.82) is 0 Å². The van der Waals surface area contributed by atoms with E-state index in [1.54, 1.807) is 13.8 Å². The Bertz CT molecular complexity index is 1350. The number of carbonyl (C=O) groups is 1. The van der Waals surface area contributed by atoms with Crippen molar-refractivity contribution in [3.05, 3.63) is 77.6 Å². The monoisotopic (exact) mass is 409 g/mol. The maximum absolute atomic E-state index is 13.0. The average molecular weight is 409 g/mol. The third kappa shape index (κ3) is 3.39. The molecule has 0 bridgehead atoms. The highest BCUT2D eigenvalue weighted by molar-refractivity contribution is 7.89. The number of rotatable bonds is 5. The van der Waals surface area contributed by atoms with E-state index in [0.717, 1.165) is 16.3 Å². The van der Waals surface area contributed by atoms with Crippen LogP contribution >= 0.6 is 0 Å². The lowest BCUT2D eigenvalue weighted by molar-refractivity contribution is 0.0664. The maximum Gasteiger partial charge on any atom is 0.372 e. The van der Waals surface area contributed by atoms with Crippen LogP contribution in [0.1, 0.15) is 34.6 Å². The molecule has 0 spiro atoms. The number of hydrogen-bond donors (Lipinski definition) is 2. The van der Waals surface area contributed by atoms with Crippen LogP contribution in [0.15, 0.2) is 70.0 Å². The van der Waals surface area contributed by atoms with E-state index in [2.05, 4.69) is 4.72 Å². The zero-order valence-electron chi connectivity index (χ0n) is 15.8. The van der Waals surface area contributed by atoms with E-state index in [1.165, 1.54) is 18.2 Å². The molecule has 7 heteroatoms. The summed E-state index contributed by atoms with van der Waals surface area (Å²) in [5, 5.41) is 11.7. The number of carboxylic acid groups (broad SMARTS) is 1. The molecule has 0 aliphatic heterocycles. The molecule has 0 aliphatic rings. The smallest absolute Gasteiger partial charge is 0.372 e. The SMILES string of the molecule is Cc1c(C(=O)O)oc2ccc(S(=O)(=O)NC(C)c3cccc4ccccc34)cc12. The van der Waals surface area contributed by atoms with Gasteiger partial charge in [-0.05, 0) is 48.4 Å². The van der Waals surface area contributed by atoms with E-state index in [0.29, 0.717) is 16.5 Å². The van der Waals surface area contributed by atoms with Crippen molar-refractivity contribution in [2.45, 2.75) is 24.8 Å². The minimum atomic E-state index is -3.83. The predicted octanol–water partition coefficient (Wildman–Crippen LogP) is 4.63. The van der Waals surface area contributed by atoms with Gasteiger partial charge in [-0.15, -0.1) is 0 Å². The molecule has 0 saturated carbocycles. The third-order valence-electron chi connectivity index (χ3n) is 5.03. The Morgan fingerprint density at radius 3 is 2.52 bits per heavy atom. The first-order valence-corrected chi connectivity index (χ1v) is 10.5. The summed E-state index contributed by atoms with van der Waals surface area (Å²) in [6.45, 7) is 3.39. The molecule has 148 valence electrons. The number of benzene rings is 3. The second kappa shape index (κ2) is 7.02. The summed E-state index contributed by atoms with van der Waals surface area (Å²) in [5.74, 6) is -1.38. The van der Waals surface area contributed by atoms with Crippen LogP contribution < -0.4 is 4.72 Å². The highest BCUT2D eigenvalue weighted by atomic mass is 32.2. The fourth-order valence-corrected chi connectivity index (χ4v) is 4.81. The van der Waals surface area contributed by atoms with Crippen molar-refractivity contribution in [3.8, 4) is 0 Å². The fraction of sp³-hybridized carbons (Fsp3) is 0.136. The lowest BCUT2D eigenvalue weighted by atomic mass is 10.0. The quantitative estimate of drug-likeness (QED) is 0.501. The molecule has 6 nitrogen and oxygen atoms in total. The summed E-state index contributed by atoms with van der Waals surface area (Å²) >= 11 is 0. The van der Waals surface area contributed by atoms with Crippen LogP contribution in [0.5, 0.6) is 0 Å². The molecular formula is C22H19NO5S. The van der Waals surface area contributed by atoms with Gasteiger partial charge in [-0.1, -0.05) is 42.5 Å². The summed E-state index contributed by atoms with van der Waals surface area (Å²) in [7, 11) is -3.83. The number of hydrogen-bond acceptors (Lipinski definition) is 4. The highest BCUT2D eigenvalue weighted by Crippen LogP contribution is 2.29. The molecule has 3 aromatic carbocycles. The first kappa shape index (κ1) is 19.2. The van der Waals surface area contributed by atoms with Gasteiger partial charge in [0.25, 0.3) is 0 Å². The van der Waals surface area contributed by atoms with Crippen molar-refractivity contribution < 1.29 is 22.7 Å². The zero-order valence-corrected chi connectivity index (χ0v) is 16.7. The Morgan fingerprint density at radius 2 is 1.76 bits per heavy atom. The molecule has 0 aliphatic carbocycles. The molecule has 1 atom stereocenters. The van der Waals surface area contributed by atoms with Crippen LogP contribution in [0.25, 0.3) is 21.7 Å². The Balaban J connectivity index is 1.71. The van der Waals surface area contributed by atoms with Crippen molar-refractivity contribution in [3.63, 3.8) is 0 Å². The molecule has 1 aromatic heterocycles. The van der Waals surface area contributed by atoms with Gasteiger partial charge in [-0.25, -0.2) is 17.9 Å². The summed E-state index contributed by atoms with van der Waals surface area (Å²) in [5.41, 5.74) is 1.60. The second-order valence-corrected chi connectivity index (χ2v) is 8.64. The van der Waals surface area contributed by atoms with E-state index in [1.807, 2.05) is 42.5 Å². The van der Waals surface area contributed by atoms with Crippen molar-refractivity contribution >= 4 is 37.7 Å². The number of sulfonamides is 1. The van der Waals surface area contributed by atoms with Gasteiger partial charge < -0.3 is 9.52 Å². The van der Waals surface area contributed by atoms with Gasteiger partial charge in [0, 0.05) is 17.0 Å². The largest absolute Gasteiger partial charge is 0.475 e. The third-order valence-corrected chi connectivity index (χ3v) is 6.57. The minimum absolute atomic E-state index is 0.0536. The maximum atomic E-state index is 13.0. The topological polar surface area (TPSA) is 96.6 Å². The van der Waals surface area contributed by atoms with E-state index >= 15 is 0 Å². The number of carboxylic acids is 1. The number of aryl methyl sites for hydroxylation is 1. The number of fused-ring (bicyclic) bond motifs is 2. The number of aromatic carboxylic acids is 1. The highest BCUT2D eigenvalue weighted by Gasteiger charge is 2.22. The molecule has 0 saturated heterocycles. The number of furan rings is 1. The molecule has 0 amide bonds. The van der Waals surface area contributed by atoms with Gasteiger partial charge in [0.05, 0.1) is 4.90 Å². The fourth-order valence-electron chi connectivity index (χ4n) is 3.56. The summed E-state index contributed by atoms with van der Waals surface area (Å²) in [6, 6.07) is 17.5. The standard InChI is InChI=1S/C22H19NO5S/c1-13-19-12-16(10-11-20(19)28-21(13)22(24)25)29(26,27)23-14(2)17-9-5-7-15-6-3-4-8-18(15)17/h3-12,14,23H,1-2H3,(H,24,25). The predicted molar refractivity (Wildman–Crippen MR) is 111 cm³/mol. The molecule has 4 aromatic rings. The van der Waals surface area contributed by atoms with Gasteiger partial charge >= 0.3 is 5.97 Å². The van der Waals surface area contributed by atoms with Crippen LogP contribution in [0.2, 0.25) is 0 Å². The molecule has 4 rings (SSSR count). The van der Waals surface area contributed by atoms with E-state index in [-0.39, 0.29) is 10.7 Å². The van der Waals surface area contributed by atoms with Gasteiger partial charge in [-0.2, -0.15) is 0 Å². The normalized spacial score (nSPS) is 13.0. The molecule has 0 fully saturated rings. The zero-order chi connectivity index (χ0) is 20.8. The van der Waals surface area contributed by atoms with Crippen LogP contribution in [-0.2, 0) is 10.0 Å². The summed E-state index contributed by atoms with van der Waals surface area (Å²) in [6.07, 6.45) is 0. The molecule has 1 heterocycles. The summed E-state index contributed by atoms with van der Waals surface area (Å²) < 4.78 is 34.0. The summed E-state index contributed by atoms with van der Waals surface area (Å²) in [4.78, 5) is 11.3. The second-order valence-electron chi connectivity index (χ2n) is 6.93. The average Bonchev–Trinajstić information content (AvgIpc) is 3.03.